The number of amides is 1. The van der Waals surface area contributed by atoms with Crippen molar-refractivity contribution in [1.29, 1.82) is 0 Å². The lowest BCUT2D eigenvalue weighted by Gasteiger charge is -2.16. The Morgan fingerprint density at radius 3 is 2.33 bits per heavy atom. The van der Waals surface area contributed by atoms with Gasteiger partial charge in [-0.15, -0.1) is 0 Å². The molecule has 1 heterocycles. The van der Waals surface area contributed by atoms with Crippen LogP contribution < -0.4 is 5.32 Å². The van der Waals surface area contributed by atoms with Crippen molar-refractivity contribution in [1.82, 2.24) is 15.3 Å². The fourth-order valence-corrected chi connectivity index (χ4v) is 3.60. The van der Waals surface area contributed by atoms with Crippen LogP contribution in [0, 0.1) is 0 Å². The van der Waals surface area contributed by atoms with Crippen molar-refractivity contribution in [3.8, 4) is 0 Å². The number of hydrogen-bond acceptors (Lipinski definition) is 4. The smallest absolute Gasteiger partial charge is 0.326 e. The summed E-state index contributed by atoms with van der Waals surface area (Å²) in [6.45, 7) is 0. The topological polar surface area (TPSA) is 92.2 Å². The number of fused-ring (bicyclic) bond motifs is 1. The summed E-state index contributed by atoms with van der Waals surface area (Å²) in [5.41, 5.74) is 1.84. The van der Waals surface area contributed by atoms with Gasteiger partial charge in [-0.3, -0.25) is 14.8 Å². The molecule has 0 aliphatic heterocycles. The first-order valence-electron chi connectivity index (χ1n) is 7.74. The summed E-state index contributed by atoms with van der Waals surface area (Å²) >= 11 is 15.4. The Bertz CT molecular complexity index is 1030. The minimum absolute atomic E-state index is 0.0195. The van der Waals surface area contributed by atoms with Crippen LogP contribution >= 0.6 is 39.1 Å². The Morgan fingerprint density at radius 1 is 1.07 bits per heavy atom. The first kappa shape index (κ1) is 19.5. The highest BCUT2D eigenvalue weighted by molar-refractivity contribution is 9.10. The Morgan fingerprint density at radius 2 is 1.70 bits per heavy atom. The zero-order chi connectivity index (χ0) is 19.6. The number of aromatic nitrogens is 2. The van der Waals surface area contributed by atoms with E-state index in [0.29, 0.717) is 16.6 Å². The summed E-state index contributed by atoms with van der Waals surface area (Å²) in [5, 5.41) is 12.3. The summed E-state index contributed by atoms with van der Waals surface area (Å²) < 4.78 is 0.744. The summed E-state index contributed by atoms with van der Waals surface area (Å²) in [5.74, 6) is -1.85. The van der Waals surface area contributed by atoms with Crippen LogP contribution in [0.15, 0.2) is 47.2 Å². The number of nitrogens with zero attached hydrogens (tertiary/aromatic N) is 2. The van der Waals surface area contributed by atoms with Gasteiger partial charge in [-0.2, -0.15) is 0 Å². The SMILES string of the molecule is O=C(NC(Cc1ccc(Br)c2nccnc12)C(=O)O)c1c(Cl)cccc1Cl. The molecule has 1 unspecified atom stereocenters. The number of carbonyl (C=O) groups excluding carboxylic acids is 1. The maximum absolute atomic E-state index is 12.5. The lowest BCUT2D eigenvalue weighted by Crippen LogP contribution is -2.42. The predicted octanol–water partition coefficient (Wildman–Crippen LogP) is 4.12. The minimum atomic E-state index is -1.20. The van der Waals surface area contributed by atoms with E-state index in [2.05, 4.69) is 31.2 Å². The molecule has 0 fully saturated rings. The van der Waals surface area contributed by atoms with Crippen LogP contribution in [-0.2, 0) is 11.2 Å². The van der Waals surface area contributed by atoms with Gasteiger partial charge in [-0.25, -0.2) is 4.79 Å². The molecule has 0 aliphatic carbocycles. The van der Waals surface area contributed by atoms with E-state index < -0.39 is 17.9 Å². The van der Waals surface area contributed by atoms with E-state index in [1.165, 1.54) is 18.3 Å². The van der Waals surface area contributed by atoms with Crippen molar-refractivity contribution in [2.24, 2.45) is 0 Å². The largest absolute Gasteiger partial charge is 0.480 e. The molecule has 0 saturated carbocycles. The van der Waals surface area contributed by atoms with E-state index in [0.717, 1.165) is 4.47 Å². The molecular formula is C18H12BrCl2N3O3. The van der Waals surface area contributed by atoms with Crippen LogP contribution in [0.3, 0.4) is 0 Å². The Balaban J connectivity index is 1.91. The molecular weight excluding hydrogens is 457 g/mol. The molecule has 2 aromatic carbocycles. The molecule has 27 heavy (non-hydrogen) atoms. The third-order valence-corrected chi connectivity index (χ3v) is 5.15. The first-order chi connectivity index (χ1) is 12.9. The van der Waals surface area contributed by atoms with Gasteiger partial charge in [0.1, 0.15) is 11.6 Å². The third-order valence-electron chi connectivity index (χ3n) is 3.88. The molecule has 0 bridgehead atoms. The molecule has 0 saturated heterocycles. The molecule has 138 valence electrons. The van der Waals surface area contributed by atoms with Crippen molar-refractivity contribution >= 4 is 62.0 Å². The average molecular weight is 469 g/mol. The summed E-state index contributed by atoms with van der Waals surface area (Å²) in [6, 6.07) is 6.93. The molecule has 1 atom stereocenters. The van der Waals surface area contributed by atoms with Gasteiger partial charge in [0, 0.05) is 23.3 Å². The second-order valence-corrected chi connectivity index (χ2v) is 7.29. The summed E-state index contributed by atoms with van der Waals surface area (Å²) in [4.78, 5) is 32.8. The molecule has 9 heteroatoms. The average Bonchev–Trinajstić information content (AvgIpc) is 2.63. The van der Waals surface area contributed by atoms with Crippen LogP contribution in [0.25, 0.3) is 11.0 Å². The maximum Gasteiger partial charge on any atom is 0.326 e. The molecule has 0 aliphatic rings. The third kappa shape index (κ3) is 4.21. The molecule has 0 radical (unpaired) electrons. The van der Waals surface area contributed by atoms with Crippen LogP contribution in [0.5, 0.6) is 0 Å². The number of rotatable bonds is 5. The van der Waals surface area contributed by atoms with Crippen molar-refractivity contribution in [3.63, 3.8) is 0 Å². The van der Waals surface area contributed by atoms with Crippen molar-refractivity contribution in [2.75, 3.05) is 0 Å². The molecule has 3 rings (SSSR count). The monoisotopic (exact) mass is 467 g/mol. The number of hydrogen-bond donors (Lipinski definition) is 2. The standard InChI is InChI=1S/C18H12BrCl2N3O3/c19-10-5-4-9(15-16(10)23-7-6-22-15)8-13(18(26)27)24-17(25)14-11(20)2-1-3-12(14)21/h1-7,13H,8H2,(H,24,25)(H,26,27). The van der Waals surface area contributed by atoms with E-state index >= 15 is 0 Å². The van der Waals surface area contributed by atoms with Gasteiger partial charge in [0.05, 0.1) is 21.1 Å². The lowest BCUT2D eigenvalue weighted by atomic mass is 10.0. The maximum atomic E-state index is 12.5. The fourth-order valence-electron chi connectivity index (χ4n) is 2.61. The number of aliphatic carboxylic acids is 1. The highest BCUT2D eigenvalue weighted by atomic mass is 79.9. The van der Waals surface area contributed by atoms with Crippen LogP contribution in [0.1, 0.15) is 15.9 Å². The van der Waals surface area contributed by atoms with Gasteiger partial charge in [0.15, 0.2) is 0 Å². The van der Waals surface area contributed by atoms with Gasteiger partial charge in [0.25, 0.3) is 5.91 Å². The van der Waals surface area contributed by atoms with Crippen molar-refractivity contribution in [2.45, 2.75) is 12.5 Å². The van der Waals surface area contributed by atoms with Crippen LogP contribution in [-0.4, -0.2) is 33.0 Å². The second-order valence-electron chi connectivity index (χ2n) is 5.63. The Labute approximate surface area is 172 Å². The number of halogens is 3. The van der Waals surface area contributed by atoms with E-state index in [4.69, 9.17) is 23.2 Å². The van der Waals surface area contributed by atoms with Crippen molar-refractivity contribution in [3.05, 3.63) is 68.4 Å². The van der Waals surface area contributed by atoms with E-state index in [-0.39, 0.29) is 22.0 Å². The number of nitrogens with one attached hydrogen (secondary N) is 1. The van der Waals surface area contributed by atoms with E-state index in [9.17, 15) is 14.7 Å². The van der Waals surface area contributed by atoms with Gasteiger partial charge in [0.2, 0.25) is 0 Å². The van der Waals surface area contributed by atoms with Gasteiger partial charge in [-0.05, 0) is 39.7 Å². The fraction of sp³-hybridized carbons (Fsp3) is 0.111. The highest BCUT2D eigenvalue weighted by Crippen LogP contribution is 2.26. The van der Waals surface area contributed by atoms with Crippen LogP contribution in [0.2, 0.25) is 10.0 Å². The van der Waals surface area contributed by atoms with E-state index in [1.54, 1.807) is 24.4 Å². The Hall–Kier alpha value is -2.22. The normalized spacial score (nSPS) is 12.0. The summed E-state index contributed by atoms with van der Waals surface area (Å²) in [7, 11) is 0. The second kappa shape index (κ2) is 8.21. The highest BCUT2D eigenvalue weighted by Gasteiger charge is 2.25. The van der Waals surface area contributed by atoms with E-state index in [1.807, 2.05) is 0 Å². The zero-order valence-corrected chi connectivity index (χ0v) is 16.7. The summed E-state index contributed by atoms with van der Waals surface area (Å²) in [6.07, 6.45) is 3.09. The number of carbonyl (C=O) groups is 2. The van der Waals surface area contributed by atoms with Crippen LogP contribution in [0.4, 0.5) is 0 Å². The van der Waals surface area contributed by atoms with Gasteiger partial charge >= 0.3 is 5.97 Å². The zero-order valence-electron chi connectivity index (χ0n) is 13.6. The number of carboxylic acids is 1. The number of benzene rings is 2. The molecule has 3 aromatic rings. The van der Waals surface area contributed by atoms with Gasteiger partial charge < -0.3 is 10.4 Å². The van der Waals surface area contributed by atoms with Crippen molar-refractivity contribution < 1.29 is 14.7 Å². The lowest BCUT2D eigenvalue weighted by molar-refractivity contribution is -0.139. The molecule has 1 amide bonds. The minimum Gasteiger partial charge on any atom is -0.480 e. The molecule has 1 aromatic heterocycles. The Kier molecular flexibility index (Phi) is 5.94. The quantitative estimate of drug-likeness (QED) is 0.587. The molecule has 2 N–H and O–H groups in total. The van der Waals surface area contributed by atoms with Gasteiger partial charge in [-0.1, -0.05) is 35.3 Å². The molecule has 6 nitrogen and oxygen atoms in total. The number of carboxylic acid groups (broad SMARTS) is 1. The predicted molar refractivity (Wildman–Crippen MR) is 106 cm³/mol. The first-order valence-corrected chi connectivity index (χ1v) is 9.29. The molecule has 0 spiro atoms.